The molecule has 7 nitrogen and oxygen atoms in total. The zero-order valence-corrected chi connectivity index (χ0v) is 10.3. The Labute approximate surface area is 112 Å². The third-order valence-corrected chi connectivity index (χ3v) is 2.61. The molecule has 0 aliphatic carbocycles. The normalized spacial score (nSPS) is 10.2. The first-order valence-electron chi connectivity index (χ1n) is 5.28. The van der Waals surface area contributed by atoms with E-state index < -0.39 is 10.8 Å². The third-order valence-electron chi connectivity index (χ3n) is 2.37. The van der Waals surface area contributed by atoms with Crippen molar-refractivity contribution >= 4 is 23.2 Å². The van der Waals surface area contributed by atoms with Crippen LogP contribution >= 0.6 is 11.6 Å². The van der Waals surface area contributed by atoms with Gasteiger partial charge in [0.2, 0.25) is 0 Å². The first kappa shape index (κ1) is 13.0. The van der Waals surface area contributed by atoms with E-state index in [2.05, 4.69) is 15.3 Å². The summed E-state index contributed by atoms with van der Waals surface area (Å²) in [7, 11) is 0. The van der Waals surface area contributed by atoms with Crippen LogP contribution in [0.5, 0.6) is 0 Å². The molecule has 1 aromatic carbocycles. The highest BCUT2D eigenvalue weighted by Gasteiger charge is 2.20. The predicted octanol–water partition coefficient (Wildman–Crippen LogP) is 1.90. The van der Waals surface area contributed by atoms with E-state index in [0.717, 1.165) is 0 Å². The van der Waals surface area contributed by atoms with E-state index in [-0.39, 0.29) is 22.8 Å². The number of aromatic amines is 1. The Bertz CT molecular complexity index is 612. The van der Waals surface area contributed by atoms with Gasteiger partial charge >= 0.3 is 0 Å². The standard InChI is InChI=1S/C11H9ClN4O3/c12-7-1-2-9(16(18)19)8(5-7)11(17)15-6-10-13-3-4-14-10/h1-5H,6H2,(H,13,14)(H,15,17). The van der Waals surface area contributed by atoms with Crippen molar-refractivity contribution in [2.45, 2.75) is 6.54 Å². The number of carbonyl (C=O) groups excluding carboxylic acids is 1. The number of aromatic nitrogens is 2. The fraction of sp³-hybridized carbons (Fsp3) is 0.0909. The molecule has 0 atom stereocenters. The molecular weight excluding hydrogens is 272 g/mol. The Morgan fingerprint density at radius 2 is 2.32 bits per heavy atom. The lowest BCUT2D eigenvalue weighted by Gasteiger charge is -2.04. The van der Waals surface area contributed by atoms with Gasteiger partial charge in [0.05, 0.1) is 11.5 Å². The van der Waals surface area contributed by atoms with Crippen molar-refractivity contribution in [1.82, 2.24) is 15.3 Å². The molecule has 0 spiro atoms. The fourth-order valence-electron chi connectivity index (χ4n) is 1.50. The Hall–Kier alpha value is -2.41. The lowest BCUT2D eigenvalue weighted by atomic mass is 10.1. The van der Waals surface area contributed by atoms with E-state index in [1.54, 1.807) is 12.4 Å². The van der Waals surface area contributed by atoms with Crippen molar-refractivity contribution in [3.63, 3.8) is 0 Å². The van der Waals surface area contributed by atoms with Crippen LogP contribution in [-0.4, -0.2) is 20.8 Å². The van der Waals surface area contributed by atoms with Crippen LogP contribution in [0.3, 0.4) is 0 Å². The number of nitrogens with zero attached hydrogens (tertiary/aromatic N) is 2. The summed E-state index contributed by atoms with van der Waals surface area (Å²) in [6.07, 6.45) is 3.16. The van der Waals surface area contributed by atoms with Crippen molar-refractivity contribution in [3.05, 3.63) is 57.1 Å². The molecule has 0 bridgehead atoms. The van der Waals surface area contributed by atoms with Crippen LogP contribution < -0.4 is 5.32 Å². The molecule has 2 N–H and O–H groups in total. The number of nitro benzene ring substituents is 1. The second-order valence-electron chi connectivity index (χ2n) is 3.64. The predicted molar refractivity (Wildman–Crippen MR) is 67.9 cm³/mol. The molecular formula is C11H9ClN4O3. The monoisotopic (exact) mass is 280 g/mol. The molecule has 2 rings (SSSR count). The molecule has 0 saturated carbocycles. The molecule has 8 heteroatoms. The molecule has 98 valence electrons. The number of nitrogens with one attached hydrogen (secondary N) is 2. The Morgan fingerprint density at radius 3 is 2.95 bits per heavy atom. The number of carbonyl (C=O) groups is 1. The second kappa shape index (κ2) is 5.49. The van der Waals surface area contributed by atoms with Crippen LogP contribution in [0.2, 0.25) is 5.02 Å². The van der Waals surface area contributed by atoms with Crippen LogP contribution in [0.25, 0.3) is 0 Å². The first-order valence-corrected chi connectivity index (χ1v) is 5.66. The zero-order valence-electron chi connectivity index (χ0n) is 9.59. The Morgan fingerprint density at radius 1 is 1.53 bits per heavy atom. The number of nitro groups is 1. The van der Waals surface area contributed by atoms with Crippen molar-refractivity contribution in [1.29, 1.82) is 0 Å². The van der Waals surface area contributed by atoms with Gasteiger partial charge in [-0.1, -0.05) is 11.6 Å². The van der Waals surface area contributed by atoms with E-state index >= 15 is 0 Å². The number of H-pyrrole nitrogens is 1. The molecule has 0 fully saturated rings. The molecule has 19 heavy (non-hydrogen) atoms. The van der Waals surface area contributed by atoms with Crippen LogP contribution in [0, 0.1) is 10.1 Å². The fourth-order valence-corrected chi connectivity index (χ4v) is 1.68. The van der Waals surface area contributed by atoms with Crippen LogP contribution in [-0.2, 0) is 6.54 Å². The van der Waals surface area contributed by atoms with E-state index in [4.69, 9.17) is 11.6 Å². The molecule has 1 aromatic heterocycles. The highest BCUT2D eigenvalue weighted by atomic mass is 35.5. The van der Waals surface area contributed by atoms with Gasteiger partial charge in [-0.05, 0) is 12.1 Å². The Balaban J connectivity index is 2.18. The summed E-state index contributed by atoms with van der Waals surface area (Å²) in [5.74, 6) is -0.0244. The van der Waals surface area contributed by atoms with Gasteiger partial charge in [0.15, 0.2) is 0 Å². The number of amides is 1. The highest BCUT2D eigenvalue weighted by Crippen LogP contribution is 2.22. The maximum absolute atomic E-state index is 11.9. The number of hydrogen-bond acceptors (Lipinski definition) is 4. The number of benzene rings is 1. The molecule has 1 heterocycles. The molecule has 0 unspecified atom stereocenters. The average Bonchev–Trinajstić information content (AvgIpc) is 2.88. The van der Waals surface area contributed by atoms with Gasteiger partial charge in [0, 0.05) is 23.5 Å². The summed E-state index contributed by atoms with van der Waals surface area (Å²) in [6, 6.07) is 3.82. The minimum Gasteiger partial charge on any atom is -0.347 e. The van der Waals surface area contributed by atoms with E-state index in [9.17, 15) is 14.9 Å². The smallest absolute Gasteiger partial charge is 0.282 e. The van der Waals surface area contributed by atoms with Crippen LogP contribution in [0.4, 0.5) is 5.69 Å². The third kappa shape index (κ3) is 3.08. The summed E-state index contributed by atoms with van der Waals surface area (Å²) >= 11 is 5.74. The van der Waals surface area contributed by atoms with E-state index in [0.29, 0.717) is 5.82 Å². The molecule has 0 saturated heterocycles. The largest absolute Gasteiger partial charge is 0.347 e. The van der Waals surface area contributed by atoms with Crippen molar-refractivity contribution in [3.8, 4) is 0 Å². The topological polar surface area (TPSA) is 101 Å². The zero-order chi connectivity index (χ0) is 13.8. The van der Waals surface area contributed by atoms with Gasteiger partial charge in [0.25, 0.3) is 11.6 Å². The summed E-state index contributed by atoms with van der Waals surface area (Å²) in [5.41, 5.74) is -0.370. The highest BCUT2D eigenvalue weighted by molar-refractivity contribution is 6.31. The summed E-state index contributed by atoms with van der Waals surface area (Å²) in [5, 5.41) is 13.6. The van der Waals surface area contributed by atoms with Gasteiger partial charge in [0.1, 0.15) is 11.4 Å². The molecule has 0 radical (unpaired) electrons. The van der Waals surface area contributed by atoms with Gasteiger partial charge in [-0.2, -0.15) is 0 Å². The molecule has 0 aliphatic rings. The summed E-state index contributed by atoms with van der Waals surface area (Å²) in [4.78, 5) is 28.8. The lowest BCUT2D eigenvalue weighted by Crippen LogP contribution is -2.24. The van der Waals surface area contributed by atoms with E-state index in [1.807, 2.05) is 0 Å². The Kier molecular flexibility index (Phi) is 3.76. The van der Waals surface area contributed by atoms with Gasteiger partial charge in [-0.3, -0.25) is 14.9 Å². The van der Waals surface area contributed by atoms with E-state index in [1.165, 1.54) is 18.2 Å². The maximum atomic E-state index is 11.9. The van der Waals surface area contributed by atoms with Gasteiger partial charge in [-0.15, -0.1) is 0 Å². The SMILES string of the molecule is O=C(NCc1ncc[nH]1)c1cc(Cl)ccc1[N+](=O)[O-]. The first-order chi connectivity index (χ1) is 9.08. The maximum Gasteiger partial charge on any atom is 0.282 e. The minimum absolute atomic E-state index is 0.0796. The summed E-state index contributed by atoms with van der Waals surface area (Å²) < 4.78 is 0. The number of rotatable bonds is 4. The summed E-state index contributed by atoms with van der Waals surface area (Å²) in [6.45, 7) is 0.148. The van der Waals surface area contributed by atoms with Crippen molar-refractivity contribution in [2.75, 3.05) is 0 Å². The minimum atomic E-state index is -0.627. The molecule has 1 amide bonds. The van der Waals surface area contributed by atoms with Crippen molar-refractivity contribution < 1.29 is 9.72 Å². The number of halogens is 1. The average molecular weight is 281 g/mol. The molecule has 0 aliphatic heterocycles. The number of imidazole rings is 1. The molecule has 2 aromatic rings. The second-order valence-corrected chi connectivity index (χ2v) is 4.07. The lowest BCUT2D eigenvalue weighted by molar-refractivity contribution is -0.385. The quantitative estimate of drug-likeness (QED) is 0.659. The van der Waals surface area contributed by atoms with Crippen LogP contribution in [0.1, 0.15) is 16.2 Å². The van der Waals surface area contributed by atoms with Crippen molar-refractivity contribution in [2.24, 2.45) is 0 Å². The van der Waals surface area contributed by atoms with Crippen LogP contribution in [0.15, 0.2) is 30.6 Å². The van der Waals surface area contributed by atoms with Gasteiger partial charge < -0.3 is 10.3 Å². The van der Waals surface area contributed by atoms with Gasteiger partial charge in [-0.25, -0.2) is 4.98 Å². The number of hydrogen-bond donors (Lipinski definition) is 2.